The Morgan fingerprint density at radius 3 is 2.85 bits per heavy atom. The molecule has 1 N–H and O–H groups in total. The molecule has 0 saturated heterocycles. The van der Waals surface area contributed by atoms with Crippen LogP contribution in [0, 0.1) is 24.2 Å². The average molecular weight is 379 g/mol. The second kappa shape index (κ2) is 12.7. The van der Waals surface area contributed by atoms with E-state index < -0.39 is 5.60 Å². The zero-order chi connectivity index (χ0) is 20.1. The van der Waals surface area contributed by atoms with E-state index >= 15 is 0 Å². The molecule has 5 nitrogen and oxygen atoms in total. The molecule has 1 aliphatic rings. The smallest absolute Gasteiger partial charge is 0.332 e. The van der Waals surface area contributed by atoms with Crippen molar-refractivity contribution in [2.75, 3.05) is 19.8 Å². The van der Waals surface area contributed by atoms with Crippen molar-refractivity contribution in [2.24, 2.45) is 11.8 Å². The molecular formula is C22H34O5. The molecule has 0 aromatic carbocycles. The van der Waals surface area contributed by atoms with Crippen molar-refractivity contribution in [1.29, 1.82) is 0 Å². The Labute approximate surface area is 163 Å². The van der Waals surface area contributed by atoms with Crippen molar-refractivity contribution in [3.8, 4) is 12.3 Å². The Kier molecular flexibility index (Phi) is 11.0. The van der Waals surface area contributed by atoms with Gasteiger partial charge in [-0.2, -0.15) is 0 Å². The lowest BCUT2D eigenvalue weighted by Gasteiger charge is -2.20. The maximum atomic E-state index is 12.2. The highest BCUT2D eigenvalue weighted by atomic mass is 16.6. The summed E-state index contributed by atoms with van der Waals surface area (Å²) in [5.74, 6) is 2.72. The van der Waals surface area contributed by atoms with Gasteiger partial charge in [0.2, 0.25) is 0 Å². The van der Waals surface area contributed by atoms with Crippen LogP contribution in [0.4, 0.5) is 0 Å². The van der Waals surface area contributed by atoms with Gasteiger partial charge in [0.15, 0.2) is 0 Å². The second-order valence-corrected chi connectivity index (χ2v) is 7.19. The number of carbonyl (C=O) groups excluding carboxylic acids is 2. The van der Waals surface area contributed by atoms with Crippen LogP contribution in [0.25, 0.3) is 0 Å². The van der Waals surface area contributed by atoms with Gasteiger partial charge in [-0.15, -0.1) is 6.42 Å². The standard InChI is InChI=1S/C22H34O5/c1-4-14-22(25,5-2)15-9-10-18-12-13-20(23)19(18)11-7-8-16-26-17-21(24)27-6-3/h2,9-10,18-19,25H,4,6-8,11-17H2,1,3H3/t18-,19+,22?/m0/s1. The zero-order valence-corrected chi connectivity index (χ0v) is 16.7. The molecule has 0 spiro atoms. The van der Waals surface area contributed by atoms with Gasteiger partial charge in [0.25, 0.3) is 0 Å². The van der Waals surface area contributed by atoms with Gasteiger partial charge in [0.1, 0.15) is 18.0 Å². The van der Waals surface area contributed by atoms with Crippen LogP contribution < -0.4 is 0 Å². The van der Waals surface area contributed by atoms with Crippen LogP contribution in [0.5, 0.6) is 0 Å². The molecule has 0 amide bonds. The van der Waals surface area contributed by atoms with Crippen LogP contribution in [0.1, 0.15) is 65.2 Å². The van der Waals surface area contributed by atoms with E-state index in [0.717, 1.165) is 32.1 Å². The number of ketones is 1. The SMILES string of the molecule is C#CC(O)(CC=C[C@H]1CCC(=O)[C@@H]1CCCCOCC(=O)OCC)CCC. The van der Waals surface area contributed by atoms with Crippen LogP contribution in [0.15, 0.2) is 12.2 Å². The quantitative estimate of drug-likeness (QED) is 0.230. The third-order valence-electron chi connectivity index (χ3n) is 5.00. The Balaban J connectivity index is 2.34. The van der Waals surface area contributed by atoms with Gasteiger partial charge in [-0.05, 0) is 38.5 Å². The van der Waals surface area contributed by atoms with Crippen LogP contribution in [-0.4, -0.2) is 42.3 Å². The molecule has 0 radical (unpaired) electrons. The Morgan fingerprint density at radius 1 is 1.41 bits per heavy atom. The third-order valence-corrected chi connectivity index (χ3v) is 5.00. The van der Waals surface area contributed by atoms with Crippen LogP contribution >= 0.6 is 0 Å². The summed E-state index contributed by atoms with van der Waals surface area (Å²) < 4.78 is 10.1. The molecule has 0 aliphatic heterocycles. The molecule has 1 fully saturated rings. The molecule has 0 aromatic heterocycles. The highest BCUT2D eigenvalue weighted by molar-refractivity contribution is 5.83. The van der Waals surface area contributed by atoms with Crippen molar-refractivity contribution in [1.82, 2.24) is 0 Å². The van der Waals surface area contributed by atoms with Gasteiger partial charge in [0.05, 0.1) is 6.61 Å². The summed E-state index contributed by atoms with van der Waals surface area (Å²) in [6, 6.07) is 0. The van der Waals surface area contributed by atoms with E-state index in [1.165, 1.54) is 0 Å². The Hall–Kier alpha value is -1.64. The van der Waals surface area contributed by atoms with Gasteiger partial charge in [0, 0.05) is 25.4 Å². The molecule has 3 atom stereocenters. The summed E-state index contributed by atoms with van der Waals surface area (Å²) in [5, 5.41) is 10.3. The fraction of sp³-hybridized carbons (Fsp3) is 0.727. The maximum Gasteiger partial charge on any atom is 0.332 e. The number of allylic oxidation sites excluding steroid dienone is 1. The molecule has 0 bridgehead atoms. The summed E-state index contributed by atoms with van der Waals surface area (Å²) in [4.78, 5) is 23.4. The molecule has 1 unspecified atom stereocenters. The lowest BCUT2D eigenvalue weighted by molar-refractivity contribution is -0.148. The Morgan fingerprint density at radius 2 is 2.19 bits per heavy atom. The lowest BCUT2D eigenvalue weighted by Crippen LogP contribution is -2.25. The first-order valence-corrected chi connectivity index (χ1v) is 10.1. The summed E-state index contributed by atoms with van der Waals surface area (Å²) in [5.41, 5.74) is -1.08. The number of esters is 1. The number of hydrogen-bond donors (Lipinski definition) is 1. The highest BCUT2D eigenvalue weighted by Gasteiger charge is 2.32. The fourth-order valence-electron chi connectivity index (χ4n) is 3.55. The second-order valence-electron chi connectivity index (χ2n) is 7.19. The lowest BCUT2D eigenvalue weighted by atomic mass is 9.88. The summed E-state index contributed by atoms with van der Waals surface area (Å²) >= 11 is 0. The zero-order valence-electron chi connectivity index (χ0n) is 16.7. The van der Waals surface area contributed by atoms with Crippen molar-refractivity contribution in [2.45, 2.75) is 70.8 Å². The van der Waals surface area contributed by atoms with E-state index in [1.807, 2.05) is 13.0 Å². The number of aliphatic hydroxyl groups is 1. The summed E-state index contributed by atoms with van der Waals surface area (Å²) in [7, 11) is 0. The minimum atomic E-state index is -1.08. The molecule has 1 rings (SSSR count). The van der Waals surface area contributed by atoms with Crippen LogP contribution in [-0.2, 0) is 19.1 Å². The predicted octanol–water partition coefficient (Wildman–Crippen LogP) is 3.44. The van der Waals surface area contributed by atoms with Crippen molar-refractivity contribution in [3.05, 3.63) is 12.2 Å². The summed E-state index contributed by atoms with van der Waals surface area (Å²) in [6.07, 6.45) is 15.3. The van der Waals surface area contributed by atoms with E-state index in [2.05, 4.69) is 12.0 Å². The fourth-order valence-corrected chi connectivity index (χ4v) is 3.55. The van der Waals surface area contributed by atoms with E-state index in [1.54, 1.807) is 6.92 Å². The molecule has 1 saturated carbocycles. The normalized spacial score (nSPS) is 21.9. The van der Waals surface area contributed by atoms with Gasteiger partial charge < -0.3 is 14.6 Å². The van der Waals surface area contributed by atoms with Gasteiger partial charge in [-0.25, -0.2) is 4.79 Å². The number of ether oxygens (including phenoxy) is 2. The van der Waals surface area contributed by atoms with Crippen molar-refractivity contribution >= 4 is 11.8 Å². The molecule has 0 heterocycles. The first-order valence-electron chi connectivity index (χ1n) is 10.1. The number of carbonyl (C=O) groups is 2. The molecule has 27 heavy (non-hydrogen) atoms. The summed E-state index contributed by atoms with van der Waals surface area (Å²) in [6.45, 7) is 4.59. The minimum absolute atomic E-state index is 0.0165. The largest absolute Gasteiger partial charge is 0.464 e. The van der Waals surface area contributed by atoms with Crippen LogP contribution in [0.3, 0.4) is 0 Å². The molecule has 5 heteroatoms. The van der Waals surface area contributed by atoms with E-state index in [4.69, 9.17) is 15.9 Å². The number of rotatable bonds is 13. The topological polar surface area (TPSA) is 72.8 Å². The number of Topliss-reactive ketones (excluding diaryl/α,β-unsaturated/α-hetero) is 1. The van der Waals surface area contributed by atoms with E-state index in [-0.39, 0.29) is 24.4 Å². The molecule has 152 valence electrons. The van der Waals surface area contributed by atoms with Crippen molar-refractivity contribution in [3.63, 3.8) is 0 Å². The molecular weight excluding hydrogens is 344 g/mol. The monoisotopic (exact) mass is 378 g/mol. The van der Waals surface area contributed by atoms with Gasteiger partial charge in [-0.3, -0.25) is 4.79 Å². The van der Waals surface area contributed by atoms with E-state index in [9.17, 15) is 14.7 Å². The first kappa shape index (κ1) is 23.4. The third kappa shape index (κ3) is 8.73. The predicted molar refractivity (Wildman–Crippen MR) is 105 cm³/mol. The maximum absolute atomic E-state index is 12.2. The molecule has 0 aromatic rings. The first-order chi connectivity index (χ1) is 13.0. The Bertz CT molecular complexity index is 533. The van der Waals surface area contributed by atoms with Gasteiger partial charge in [-0.1, -0.05) is 37.8 Å². The highest BCUT2D eigenvalue weighted by Crippen LogP contribution is 2.34. The minimum Gasteiger partial charge on any atom is -0.464 e. The number of terminal acetylenes is 1. The number of hydrogen-bond acceptors (Lipinski definition) is 5. The average Bonchev–Trinajstić information content (AvgIpc) is 2.98. The van der Waals surface area contributed by atoms with Crippen molar-refractivity contribution < 1.29 is 24.2 Å². The van der Waals surface area contributed by atoms with Crippen LogP contribution in [0.2, 0.25) is 0 Å². The van der Waals surface area contributed by atoms with Gasteiger partial charge >= 0.3 is 5.97 Å². The van der Waals surface area contributed by atoms with E-state index in [0.29, 0.717) is 38.3 Å². The number of unbranched alkanes of at least 4 members (excludes halogenated alkanes) is 1. The molecule has 1 aliphatic carbocycles.